The van der Waals surface area contributed by atoms with Crippen molar-refractivity contribution in [1.29, 1.82) is 0 Å². The van der Waals surface area contributed by atoms with Crippen LogP contribution in [0.2, 0.25) is 0 Å². The fraction of sp³-hybridized carbons (Fsp3) is 0.250. The molecule has 0 spiro atoms. The average Bonchev–Trinajstić information content (AvgIpc) is 3.41. The summed E-state index contributed by atoms with van der Waals surface area (Å²) < 4.78 is 0. The molecule has 162 valence electrons. The van der Waals surface area contributed by atoms with Gasteiger partial charge in [-0.3, -0.25) is 4.99 Å². The number of halogens is 1. The highest BCUT2D eigenvalue weighted by molar-refractivity contribution is 14.0. The SMILES string of the molecule is CN=C(NCCCc1c[nH]c2ccccc12)N(C)Cc1ncc(-c2ccccc2)[nH]1.I. The molecule has 0 unspecified atom stereocenters. The summed E-state index contributed by atoms with van der Waals surface area (Å²) in [7, 11) is 3.84. The van der Waals surface area contributed by atoms with E-state index in [1.54, 1.807) is 0 Å². The van der Waals surface area contributed by atoms with Gasteiger partial charge < -0.3 is 20.2 Å². The van der Waals surface area contributed by atoms with Crippen molar-refractivity contribution in [2.24, 2.45) is 4.99 Å². The summed E-state index contributed by atoms with van der Waals surface area (Å²) in [4.78, 5) is 17.8. The van der Waals surface area contributed by atoms with Crippen LogP contribution in [0.3, 0.4) is 0 Å². The summed E-state index contributed by atoms with van der Waals surface area (Å²) >= 11 is 0. The van der Waals surface area contributed by atoms with Crippen molar-refractivity contribution in [2.75, 3.05) is 20.6 Å². The number of para-hydroxylation sites is 1. The minimum Gasteiger partial charge on any atom is -0.361 e. The van der Waals surface area contributed by atoms with Gasteiger partial charge in [-0.2, -0.15) is 0 Å². The lowest BCUT2D eigenvalue weighted by Crippen LogP contribution is -2.39. The van der Waals surface area contributed by atoms with Crippen LogP contribution >= 0.6 is 24.0 Å². The van der Waals surface area contributed by atoms with Crippen molar-refractivity contribution in [2.45, 2.75) is 19.4 Å². The van der Waals surface area contributed by atoms with Crippen LogP contribution in [0.25, 0.3) is 22.2 Å². The molecule has 0 aliphatic carbocycles. The minimum absolute atomic E-state index is 0. The third-order valence-corrected chi connectivity index (χ3v) is 5.25. The van der Waals surface area contributed by atoms with Crippen LogP contribution in [0.15, 0.2) is 72.0 Å². The van der Waals surface area contributed by atoms with Crippen LogP contribution in [0, 0.1) is 0 Å². The van der Waals surface area contributed by atoms with E-state index in [1.165, 1.54) is 16.5 Å². The standard InChI is InChI=1S/C24H28N6.HI/c1-25-24(26-14-8-11-19-15-27-21-13-7-6-12-20(19)21)30(2)17-23-28-16-22(29-23)18-9-4-3-5-10-18;/h3-7,9-10,12-13,15-16,27H,8,11,14,17H2,1-2H3,(H,25,26)(H,28,29);1H. The second-order valence-corrected chi connectivity index (χ2v) is 7.40. The largest absolute Gasteiger partial charge is 0.361 e. The van der Waals surface area contributed by atoms with Gasteiger partial charge in [0.1, 0.15) is 5.82 Å². The highest BCUT2D eigenvalue weighted by Crippen LogP contribution is 2.19. The van der Waals surface area contributed by atoms with Crippen LogP contribution in [-0.2, 0) is 13.0 Å². The Labute approximate surface area is 200 Å². The molecule has 0 aliphatic rings. The van der Waals surface area contributed by atoms with Crippen molar-refractivity contribution in [3.63, 3.8) is 0 Å². The number of imidazole rings is 1. The lowest BCUT2D eigenvalue weighted by Gasteiger charge is -2.21. The zero-order valence-electron chi connectivity index (χ0n) is 17.9. The number of H-pyrrole nitrogens is 2. The molecule has 31 heavy (non-hydrogen) atoms. The fourth-order valence-electron chi connectivity index (χ4n) is 3.71. The van der Waals surface area contributed by atoms with Crippen molar-refractivity contribution < 1.29 is 0 Å². The van der Waals surface area contributed by atoms with E-state index in [1.807, 2.05) is 38.5 Å². The van der Waals surface area contributed by atoms with Crippen LogP contribution in [0.5, 0.6) is 0 Å². The van der Waals surface area contributed by atoms with E-state index < -0.39 is 0 Å². The summed E-state index contributed by atoms with van der Waals surface area (Å²) in [6.45, 7) is 1.53. The van der Waals surface area contributed by atoms with Crippen molar-refractivity contribution in [3.8, 4) is 11.3 Å². The van der Waals surface area contributed by atoms with Gasteiger partial charge in [0.05, 0.1) is 18.4 Å². The number of fused-ring (bicyclic) bond motifs is 1. The number of guanidine groups is 1. The molecule has 0 fully saturated rings. The van der Waals surface area contributed by atoms with E-state index in [4.69, 9.17) is 0 Å². The maximum absolute atomic E-state index is 4.52. The van der Waals surface area contributed by atoms with Gasteiger partial charge in [-0.15, -0.1) is 24.0 Å². The zero-order chi connectivity index (χ0) is 20.8. The van der Waals surface area contributed by atoms with Gasteiger partial charge in [0, 0.05) is 37.7 Å². The molecule has 2 aromatic heterocycles. The predicted molar refractivity (Wildman–Crippen MR) is 139 cm³/mol. The first kappa shape index (κ1) is 22.9. The number of aromatic nitrogens is 3. The molecule has 0 saturated heterocycles. The normalized spacial score (nSPS) is 11.4. The molecule has 6 nitrogen and oxygen atoms in total. The van der Waals surface area contributed by atoms with E-state index in [2.05, 4.69) is 72.8 Å². The summed E-state index contributed by atoms with van der Waals surface area (Å²) in [6.07, 6.45) is 6.06. The number of benzene rings is 2. The molecule has 4 rings (SSSR count). The molecule has 2 aromatic carbocycles. The number of rotatable bonds is 7. The average molecular weight is 528 g/mol. The summed E-state index contributed by atoms with van der Waals surface area (Å²) in [5.74, 6) is 1.78. The van der Waals surface area contributed by atoms with Gasteiger partial charge in [-0.1, -0.05) is 48.5 Å². The molecular formula is C24H29IN6. The van der Waals surface area contributed by atoms with Crippen LogP contribution < -0.4 is 5.32 Å². The first-order valence-electron chi connectivity index (χ1n) is 10.3. The summed E-state index contributed by atoms with van der Waals surface area (Å²) in [5.41, 5.74) is 4.73. The minimum atomic E-state index is 0. The highest BCUT2D eigenvalue weighted by Gasteiger charge is 2.10. The van der Waals surface area contributed by atoms with E-state index in [9.17, 15) is 0 Å². The molecule has 0 amide bonds. The van der Waals surface area contributed by atoms with Gasteiger partial charge in [-0.05, 0) is 30.0 Å². The number of aromatic amines is 2. The van der Waals surface area contributed by atoms with Gasteiger partial charge >= 0.3 is 0 Å². The third kappa shape index (κ3) is 5.66. The van der Waals surface area contributed by atoms with E-state index in [-0.39, 0.29) is 24.0 Å². The van der Waals surface area contributed by atoms with E-state index in [0.717, 1.165) is 42.4 Å². The maximum Gasteiger partial charge on any atom is 0.193 e. The van der Waals surface area contributed by atoms with Crippen molar-refractivity contribution >= 4 is 40.8 Å². The quantitative estimate of drug-likeness (QED) is 0.140. The molecule has 4 aromatic rings. The Morgan fingerprint density at radius 3 is 2.68 bits per heavy atom. The van der Waals surface area contributed by atoms with Crippen LogP contribution in [-0.4, -0.2) is 46.5 Å². The topological polar surface area (TPSA) is 72.1 Å². The second-order valence-electron chi connectivity index (χ2n) is 7.40. The number of nitrogens with zero attached hydrogens (tertiary/aromatic N) is 3. The number of hydrogen-bond acceptors (Lipinski definition) is 2. The molecule has 0 aliphatic heterocycles. The monoisotopic (exact) mass is 528 g/mol. The van der Waals surface area contributed by atoms with Gasteiger partial charge in [-0.25, -0.2) is 4.98 Å². The third-order valence-electron chi connectivity index (χ3n) is 5.25. The highest BCUT2D eigenvalue weighted by atomic mass is 127. The Bertz CT molecular complexity index is 1120. The Balaban J connectivity index is 0.00000272. The van der Waals surface area contributed by atoms with Gasteiger partial charge in [0.2, 0.25) is 0 Å². The Hall–Kier alpha value is -2.81. The molecule has 0 radical (unpaired) electrons. The second kappa shape index (κ2) is 11.0. The van der Waals surface area contributed by atoms with Crippen molar-refractivity contribution in [1.82, 2.24) is 25.2 Å². The van der Waals surface area contributed by atoms with Gasteiger partial charge in [0.15, 0.2) is 5.96 Å². The first-order valence-corrected chi connectivity index (χ1v) is 10.3. The molecule has 2 heterocycles. The van der Waals surface area contributed by atoms with E-state index in [0.29, 0.717) is 6.54 Å². The summed E-state index contributed by atoms with van der Waals surface area (Å²) in [6, 6.07) is 18.7. The smallest absolute Gasteiger partial charge is 0.193 e. The van der Waals surface area contributed by atoms with Gasteiger partial charge in [0.25, 0.3) is 0 Å². The molecule has 0 bridgehead atoms. The number of aryl methyl sites for hydroxylation is 1. The van der Waals surface area contributed by atoms with Crippen LogP contribution in [0.4, 0.5) is 0 Å². The Kier molecular flexibility index (Phi) is 8.11. The zero-order valence-corrected chi connectivity index (χ0v) is 20.3. The molecular weight excluding hydrogens is 499 g/mol. The lowest BCUT2D eigenvalue weighted by molar-refractivity contribution is 0.463. The molecule has 0 saturated carbocycles. The van der Waals surface area contributed by atoms with E-state index >= 15 is 0 Å². The predicted octanol–water partition coefficient (Wildman–Crippen LogP) is 4.82. The Morgan fingerprint density at radius 1 is 1.10 bits per heavy atom. The molecule has 3 N–H and O–H groups in total. The van der Waals surface area contributed by atoms with Crippen molar-refractivity contribution in [3.05, 3.63) is 78.4 Å². The molecule has 7 heteroatoms. The number of nitrogens with one attached hydrogen (secondary N) is 3. The molecule has 0 atom stereocenters. The number of aliphatic imine (C=N–C) groups is 1. The summed E-state index contributed by atoms with van der Waals surface area (Å²) in [5, 5.41) is 4.77. The number of hydrogen-bond donors (Lipinski definition) is 3. The maximum atomic E-state index is 4.52. The first-order chi connectivity index (χ1) is 14.7. The lowest BCUT2D eigenvalue weighted by atomic mass is 10.1. The Morgan fingerprint density at radius 2 is 1.87 bits per heavy atom. The fourth-order valence-corrected chi connectivity index (χ4v) is 3.71. The van der Waals surface area contributed by atoms with Crippen LogP contribution in [0.1, 0.15) is 17.8 Å².